The van der Waals surface area contributed by atoms with Gasteiger partial charge in [0.15, 0.2) is 18.1 Å². The van der Waals surface area contributed by atoms with E-state index in [0.717, 1.165) is 12.8 Å². The maximum absolute atomic E-state index is 12.0. The number of carbonyl (C=O) groups is 1. The molecular formula is C14H16N2O3. The van der Waals surface area contributed by atoms with Crippen LogP contribution in [0.1, 0.15) is 12.8 Å². The van der Waals surface area contributed by atoms with Gasteiger partial charge in [-0.25, -0.2) is 0 Å². The summed E-state index contributed by atoms with van der Waals surface area (Å²) >= 11 is 0. The molecule has 1 aliphatic heterocycles. The Hall–Kier alpha value is -2.22. The van der Waals surface area contributed by atoms with E-state index in [1.54, 1.807) is 24.1 Å². The molecule has 1 amide bonds. The maximum Gasteiger partial charge on any atom is 0.261 e. The third kappa shape index (κ3) is 2.97. The number of benzene rings is 1. The first-order valence-corrected chi connectivity index (χ1v) is 6.21. The molecule has 2 rings (SSSR count). The normalized spacial score (nSPS) is 17.9. The predicted octanol–water partition coefficient (Wildman–Crippen LogP) is 1.59. The quantitative estimate of drug-likeness (QED) is 0.824. The van der Waals surface area contributed by atoms with Gasteiger partial charge in [-0.1, -0.05) is 12.1 Å². The Labute approximate surface area is 112 Å². The lowest BCUT2D eigenvalue weighted by atomic mass is 10.2. The van der Waals surface area contributed by atoms with Crippen molar-refractivity contribution in [3.8, 4) is 17.6 Å². The zero-order valence-corrected chi connectivity index (χ0v) is 10.8. The Bertz CT molecular complexity index is 496. The number of nitriles is 1. The second kappa shape index (κ2) is 6.10. The van der Waals surface area contributed by atoms with Gasteiger partial charge >= 0.3 is 0 Å². The number of para-hydroxylation sites is 2. The molecule has 1 unspecified atom stereocenters. The number of hydrogen-bond donors (Lipinski definition) is 0. The van der Waals surface area contributed by atoms with Gasteiger partial charge in [-0.3, -0.25) is 4.79 Å². The van der Waals surface area contributed by atoms with Crippen molar-refractivity contribution in [3.05, 3.63) is 24.3 Å². The van der Waals surface area contributed by atoms with Gasteiger partial charge < -0.3 is 14.4 Å². The summed E-state index contributed by atoms with van der Waals surface area (Å²) in [5.74, 6) is 0.967. The molecule has 1 aromatic rings. The summed E-state index contributed by atoms with van der Waals surface area (Å²) in [5.41, 5.74) is 0. The summed E-state index contributed by atoms with van der Waals surface area (Å²) in [4.78, 5) is 13.6. The van der Waals surface area contributed by atoms with Gasteiger partial charge in [0.05, 0.1) is 13.2 Å². The van der Waals surface area contributed by atoms with Crippen molar-refractivity contribution >= 4 is 5.91 Å². The van der Waals surface area contributed by atoms with Crippen LogP contribution in [0.15, 0.2) is 24.3 Å². The molecule has 0 saturated carbocycles. The zero-order chi connectivity index (χ0) is 13.7. The maximum atomic E-state index is 12.0. The van der Waals surface area contributed by atoms with Crippen LogP contribution in [0.25, 0.3) is 0 Å². The van der Waals surface area contributed by atoms with Crippen LogP contribution in [0.5, 0.6) is 11.5 Å². The molecule has 0 N–H and O–H groups in total. The lowest BCUT2D eigenvalue weighted by molar-refractivity contribution is -0.133. The van der Waals surface area contributed by atoms with Crippen LogP contribution < -0.4 is 9.47 Å². The fourth-order valence-corrected chi connectivity index (χ4v) is 2.16. The van der Waals surface area contributed by atoms with Crippen molar-refractivity contribution in [2.45, 2.75) is 18.9 Å². The molecule has 5 heteroatoms. The smallest absolute Gasteiger partial charge is 0.261 e. The molecule has 1 aromatic carbocycles. The van der Waals surface area contributed by atoms with Gasteiger partial charge in [0.2, 0.25) is 0 Å². The van der Waals surface area contributed by atoms with Crippen molar-refractivity contribution in [3.63, 3.8) is 0 Å². The summed E-state index contributed by atoms with van der Waals surface area (Å²) in [6.45, 7) is 0.560. The van der Waals surface area contributed by atoms with Gasteiger partial charge in [-0.2, -0.15) is 5.26 Å². The lowest BCUT2D eigenvalue weighted by Gasteiger charge is -2.19. The average molecular weight is 260 g/mol. The fraction of sp³-hybridized carbons (Fsp3) is 0.429. The molecule has 0 radical (unpaired) electrons. The Kier molecular flexibility index (Phi) is 4.24. The number of rotatable bonds is 4. The Morgan fingerprint density at radius 2 is 2.21 bits per heavy atom. The summed E-state index contributed by atoms with van der Waals surface area (Å²) < 4.78 is 10.6. The van der Waals surface area contributed by atoms with E-state index in [2.05, 4.69) is 6.07 Å². The van der Waals surface area contributed by atoms with E-state index in [4.69, 9.17) is 14.7 Å². The van der Waals surface area contributed by atoms with Gasteiger partial charge in [0.1, 0.15) is 6.04 Å². The van der Waals surface area contributed by atoms with E-state index in [1.807, 2.05) is 12.1 Å². The molecule has 1 fully saturated rings. The minimum Gasteiger partial charge on any atom is -0.493 e. The van der Waals surface area contributed by atoms with Gasteiger partial charge in [-0.15, -0.1) is 0 Å². The van der Waals surface area contributed by atoms with E-state index in [9.17, 15) is 4.79 Å². The zero-order valence-electron chi connectivity index (χ0n) is 10.8. The molecule has 1 atom stereocenters. The van der Waals surface area contributed by atoms with Crippen molar-refractivity contribution < 1.29 is 14.3 Å². The monoisotopic (exact) mass is 260 g/mol. The number of nitrogens with zero attached hydrogens (tertiary/aromatic N) is 2. The highest BCUT2D eigenvalue weighted by Crippen LogP contribution is 2.26. The molecule has 1 saturated heterocycles. The highest BCUT2D eigenvalue weighted by atomic mass is 16.5. The Balaban J connectivity index is 1.95. The van der Waals surface area contributed by atoms with Crippen molar-refractivity contribution in [1.29, 1.82) is 5.26 Å². The molecule has 19 heavy (non-hydrogen) atoms. The molecule has 0 spiro atoms. The second-order valence-corrected chi connectivity index (χ2v) is 4.31. The molecule has 100 valence electrons. The van der Waals surface area contributed by atoms with Crippen molar-refractivity contribution in [1.82, 2.24) is 4.90 Å². The first-order chi connectivity index (χ1) is 9.26. The molecule has 1 heterocycles. The van der Waals surface area contributed by atoms with E-state index in [0.29, 0.717) is 18.0 Å². The molecule has 0 aromatic heterocycles. The molecule has 0 bridgehead atoms. The van der Waals surface area contributed by atoms with Gasteiger partial charge in [0.25, 0.3) is 5.91 Å². The fourth-order valence-electron chi connectivity index (χ4n) is 2.16. The highest BCUT2D eigenvalue weighted by Gasteiger charge is 2.28. The van der Waals surface area contributed by atoms with Gasteiger partial charge in [0, 0.05) is 6.54 Å². The van der Waals surface area contributed by atoms with Gasteiger partial charge in [-0.05, 0) is 25.0 Å². The van der Waals surface area contributed by atoms with Crippen molar-refractivity contribution in [2.24, 2.45) is 0 Å². The van der Waals surface area contributed by atoms with E-state index < -0.39 is 0 Å². The highest BCUT2D eigenvalue weighted by molar-refractivity contribution is 5.78. The number of likely N-dealkylation sites (tertiary alicyclic amines) is 1. The summed E-state index contributed by atoms with van der Waals surface area (Å²) in [7, 11) is 1.55. The first kappa shape index (κ1) is 13.2. The third-order valence-electron chi connectivity index (χ3n) is 3.14. The molecule has 1 aliphatic rings. The standard InChI is InChI=1S/C14H16N2O3/c1-18-12-6-2-3-7-13(12)19-10-14(17)16-8-4-5-11(16)9-15/h2-3,6-7,11H,4-5,8,10H2,1H3. The van der Waals surface area contributed by atoms with E-state index in [1.165, 1.54) is 0 Å². The number of carbonyl (C=O) groups excluding carboxylic acids is 1. The predicted molar refractivity (Wildman–Crippen MR) is 68.8 cm³/mol. The van der Waals surface area contributed by atoms with Crippen LogP contribution in [0.4, 0.5) is 0 Å². The second-order valence-electron chi connectivity index (χ2n) is 4.31. The molecular weight excluding hydrogens is 244 g/mol. The summed E-state index contributed by atoms with van der Waals surface area (Å²) in [5, 5.41) is 8.95. The summed E-state index contributed by atoms with van der Waals surface area (Å²) in [6, 6.07) is 9.00. The van der Waals surface area contributed by atoms with Crippen molar-refractivity contribution in [2.75, 3.05) is 20.3 Å². The first-order valence-electron chi connectivity index (χ1n) is 6.21. The van der Waals surface area contributed by atoms with Crippen LogP contribution in [-0.2, 0) is 4.79 Å². The molecule has 5 nitrogen and oxygen atoms in total. The number of amides is 1. The minimum absolute atomic E-state index is 0.0709. The SMILES string of the molecule is COc1ccccc1OCC(=O)N1CCCC1C#N. The van der Waals surface area contributed by atoms with Crippen LogP contribution in [0.2, 0.25) is 0 Å². The number of ether oxygens (including phenoxy) is 2. The van der Waals surface area contributed by atoms with E-state index in [-0.39, 0.29) is 18.6 Å². The lowest BCUT2D eigenvalue weighted by Crippen LogP contribution is -2.37. The van der Waals surface area contributed by atoms with Crippen LogP contribution in [-0.4, -0.2) is 37.1 Å². The van der Waals surface area contributed by atoms with Crippen LogP contribution in [0, 0.1) is 11.3 Å². The Morgan fingerprint density at radius 3 is 2.89 bits per heavy atom. The van der Waals surface area contributed by atoms with E-state index >= 15 is 0 Å². The number of hydrogen-bond acceptors (Lipinski definition) is 4. The minimum atomic E-state index is -0.311. The number of methoxy groups -OCH3 is 1. The van der Waals surface area contributed by atoms with Crippen LogP contribution in [0.3, 0.4) is 0 Å². The summed E-state index contributed by atoms with van der Waals surface area (Å²) in [6.07, 6.45) is 1.62. The largest absolute Gasteiger partial charge is 0.493 e. The third-order valence-corrected chi connectivity index (χ3v) is 3.14. The van der Waals surface area contributed by atoms with Crippen LogP contribution >= 0.6 is 0 Å². The molecule has 0 aliphatic carbocycles. The average Bonchev–Trinajstić information content (AvgIpc) is 2.93. The Morgan fingerprint density at radius 1 is 1.47 bits per heavy atom. The topological polar surface area (TPSA) is 62.6 Å².